The van der Waals surface area contributed by atoms with Crippen LogP contribution in [0.4, 0.5) is 4.39 Å². The lowest BCUT2D eigenvalue weighted by atomic mass is 10.0. The number of ether oxygens (including phenoxy) is 1. The van der Waals surface area contributed by atoms with E-state index in [1.54, 1.807) is 41.6 Å². The van der Waals surface area contributed by atoms with E-state index in [-0.39, 0.29) is 18.0 Å². The highest BCUT2D eigenvalue weighted by molar-refractivity contribution is 6.33. The number of carbonyl (C=O) groups is 1. The number of aliphatic hydroxyl groups is 1. The summed E-state index contributed by atoms with van der Waals surface area (Å²) in [6, 6.07) is 10.6. The molecule has 1 N–H and O–H groups in total. The molecule has 214 valence electrons. The summed E-state index contributed by atoms with van der Waals surface area (Å²) in [5, 5.41) is 10.3. The monoisotopic (exact) mass is 586 g/mol. The lowest BCUT2D eigenvalue weighted by molar-refractivity contribution is -0.135. The molecule has 2 aromatic carbocycles. The van der Waals surface area contributed by atoms with Crippen LogP contribution in [0, 0.1) is 12.7 Å². The van der Waals surface area contributed by atoms with E-state index >= 15 is 4.39 Å². The van der Waals surface area contributed by atoms with Crippen LogP contribution in [0.1, 0.15) is 49.2 Å². The minimum atomic E-state index is -0.487. The standard InChI is InChI=1S/C31H28ClFN6O3/c1-17-36-28-15-35-27-14-25(33)22(13-23(27)30(28)39(17)19-7-10-38(11-8-19)29(41)16-40)21-5-4-20(12-24(21)32)42-31-34-9-6-26(37-31)18-2-3-18/h4-6,9,12-15,18-19,40H,2-3,7-8,10-11,16H2,1H3. The van der Waals surface area contributed by atoms with Crippen LogP contribution in [-0.2, 0) is 4.79 Å². The van der Waals surface area contributed by atoms with Crippen LogP contribution < -0.4 is 4.74 Å². The van der Waals surface area contributed by atoms with Crippen LogP contribution in [0.5, 0.6) is 11.8 Å². The molecule has 2 fully saturated rings. The number of likely N-dealkylation sites (tertiary alicyclic amines) is 1. The maximum Gasteiger partial charge on any atom is 0.322 e. The van der Waals surface area contributed by atoms with Crippen molar-refractivity contribution in [2.24, 2.45) is 0 Å². The molecule has 1 saturated heterocycles. The van der Waals surface area contributed by atoms with Crippen LogP contribution in [0.25, 0.3) is 33.1 Å². The smallest absolute Gasteiger partial charge is 0.322 e. The third kappa shape index (κ3) is 4.84. The number of carbonyl (C=O) groups excluding carboxylic acids is 1. The first-order valence-corrected chi connectivity index (χ1v) is 14.4. The quantitative estimate of drug-likeness (QED) is 0.261. The van der Waals surface area contributed by atoms with E-state index in [0.717, 1.165) is 53.6 Å². The topological polar surface area (TPSA) is 106 Å². The van der Waals surface area contributed by atoms with Gasteiger partial charge in [-0.1, -0.05) is 11.6 Å². The molecule has 11 heteroatoms. The molecule has 0 bridgehead atoms. The third-order valence-electron chi connectivity index (χ3n) is 8.19. The van der Waals surface area contributed by atoms with Crippen molar-refractivity contribution < 1.29 is 19.0 Å². The maximum absolute atomic E-state index is 15.5. The van der Waals surface area contributed by atoms with Gasteiger partial charge in [-0.05, 0) is 56.9 Å². The minimum absolute atomic E-state index is 0.0949. The Morgan fingerprint density at radius 2 is 1.86 bits per heavy atom. The Kier molecular flexibility index (Phi) is 6.74. The average Bonchev–Trinajstić information content (AvgIpc) is 3.79. The molecule has 1 saturated carbocycles. The number of halogens is 2. The molecule has 0 atom stereocenters. The van der Waals surface area contributed by atoms with Crippen molar-refractivity contribution in [2.45, 2.75) is 44.6 Å². The number of fused-ring (bicyclic) bond motifs is 3. The number of piperidine rings is 1. The van der Waals surface area contributed by atoms with E-state index in [4.69, 9.17) is 21.3 Å². The summed E-state index contributed by atoms with van der Waals surface area (Å²) >= 11 is 6.70. The molecule has 5 aromatic rings. The minimum Gasteiger partial charge on any atom is -0.424 e. The molecular formula is C31H28ClFN6O3. The van der Waals surface area contributed by atoms with Crippen molar-refractivity contribution >= 4 is 39.4 Å². The van der Waals surface area contributed by atoms with Gasteiger partial charge in [-0.25, -0.2) is 14.4 Å². The number of aliphatic hydroxyl groups excluding tert-OH is 1. The van der Waals surface area contributed by atoms with Crippen LogP contribution in [-0.4, -0.2) is 60.1 Å². The first-order chi connectivity index (χ1) is 20.4. The van der Waals surface area contributed by atoms with Crippen molar-refractivity contribution in [1.29, 1.82) is 0 Å². The van der Waals surface area contributed by atoms with Gasteiger partial charge in [-0.3, -0.25) is 9.78 Å². The molecule has 0 radical (unpaired) electrons. The molecular weight excluding hydrogens is 559 g/mol. The molecule has 1 amide bonds. The number of aromatic nitrogens is 5. The summed E-state index contributed by atoms with van der Waals surface area (Å²) in [6.07, 6.45) is 7.05. The molecule has 0 spiro atoms. The van der Waals surface area contributed by atoms with Crippen molar-refractivity contribution in [1.82, 2.24) is 29.4 Å². The molecule has 1 aliphatic carbocycles. The lowest BCUT2D eigenvalue weighted by Gasteiger charge is -2.33. The molecule has 0 unspecified atom stereocenters. The van der Waals surface area contributed by atoms with Gasteiger partial charge in [0.05, 0.1) is 27.9 Å². The number of aryl methyl sites for hydroxylation is 1. The number of rotatable bonds is 6. The van der Waals surface area contributed by atoms with Gasteiger partial charge in [-0.2, -0.15) is 4.98 Å². The highest BCUT2D eigenvalue weighted by Crippen LogP contribution is 2.40. The number of benzene rings is 2. The molecule has 4 heterocycles. The molecule has 3 aromatic heterocycles. The van der Waals surface area contributed by atoms with Gasteiger partial charge >= 0.3 is 6.01 Å². The summed E-state index contributed by atoms with van der Waals surface area (Å²) in [5.41, 5.74) is 3.94. The van der Waals surface area contributed by atoms with Crippen LogP contribution >= 0.6 is 11.6 Å². The predicted molar refractivity (Wildman–Crippen MR) is 156 cm³/mol. The van der Waals surface area contributed by atoms with Crippen LogP contribution in [0.2, 0.25) is 5.02 Å². The maximum atomic E-state index is 15.5. The Labute approximate surface area is 246 Å². The molecule has 9 nitrogen and oxygen atoms in total. The zero-order chi connectivity index (χ0) is 29.0. The van der Waals surface area contributed by atoms with E-state index in [2.05, 4.69) is 19.5 Å². The number of nitrogens with zero attached hydrogens (tertiary/aromatic N) is 6. The number of hydrogen-bond acceptors (Lipinski definition) is 7. The van der Waals surface area contributed by atoms with Crippen molar-refractivity contribution in [3.8, 4) is 22.9 Å². The van der Waals surface area contributed by atoms with Crippen molar-refractivity contribution in [3.05, 3.63) is 71.2 Å². The second-order valence-electron chi connectivity index (χ2n) is 10.9. The Bertz CT molecular complexity index is 1850. The fourth-order valence-electron chi connectivity index (χ4n) is 5.93. The number of amides is 1. The van der Waals surface area contributed by atoms with Crippen molar-refractivity contribution in [2.75, 3.05) is 19.7 Å². The predicted octanol–water partition coefficient (Wildman–Crippen LogP) is 5.97. The summed E-state index contributed by atoms with van der Waals surface area (Å²) in [4.78, 5) is 31.6. The zero-order valence-electron chi connectivity index (χ0n) is 22.9. The molecule has 7 rings (SSSR count). The van der Waals surface area contributed by atoms with Gasteiger partial charge in [0.25, 0.3) is 0 Å². The Morgan fingerprint density at radius 1 is 1.05 bits per heavy atom. The fourth-order valence-corrected chi connectivity index (χ4v) is 6.21. The van der Waals surface area contributed by atoms with E-state index in [9.17, 15) is 9.90 Å². The Hall–Kier alpha value is -4.15. The fraction of sp³-hybridized carbons (Fsp3) is 0.323. The number of hydrogen-bond donors (Lipinski definition) is 1. The molecule has 2 aliphatic rings. The van der Waals surface area contributed by atoms with E-state index < -0.39 is 12.4 Å². The lowest BCUT2D eigenvalue weighted by Crippen LogP contribution is -2.40. The van der Waals surface area contributed by atoms with Crippen LogP contribution in [0.3, 0.4) is 0 Å². The van der Waals surface area contributed by atoms with Gasteiger partial charge < -0.3 is 19.3 Å². The summed E-state index contributed by atoms with van der Waals surface area (Å²) in [6.45, 7) is 2.55. The average molecular weight is 587 g/mol. The van der Waals surface area contributed by atoms with Crippen molar-refractivity contribution in [3.63, 3.8) is 0 Å². The highest BCUT2D eigenvalue weighted by atomic mass is 35.5. The van der Waals surface area contributed by atoms with Gasteiger partial charge in [0.15, 0.2) is 0 Å². The SMILES string of the molecule is Cc1nc2cnc3cc(F)c(-c4ccc(Oc5nccc(C6CC6)n5)cc4Cl)cc3c2n1C1CCN(C(=O)CO)CC1. The van der Waals surface area contributed by atoms with Gasteiger partial charge in [0.1, 0.15) is 29.5 Å². The normalized spacial score (nSPS) is 16.0. The summed E-state index contributed by atoms with van der Waals surface area (Å²) in [5.74, 6) is 1.06. The van der Waals surface area contributed by atoms with E-state index in [1.165, 1.54) is 6.07 Å². The summed E-state index contributed by atoms with van der Waals surface area (Å²) in [7, 11) is 0. The first-order valence-electron chi connectivity index (χ1n) is 14.1. The number of imidazole rings is 1. The van der Waals surface area contributed by atoms with Gasteiger partial charge in [0.2, 0.25) is 5.91 Å². The van der Waals surface area contributed by atoms with Gasteiger partial charge in [-0.15, -0.1) is 0 Å². The zero-order valence-corrected chi connectivity index (χ0v) is 23.7. The Morgan fingerprint density at radius 3 is 2.60 bits per heavy atom. The number of pyridine rings is 1. The second kappa shape index (κ2) is 10.6. The highest BCUT2D eigenvalue weighted by Gasteiger charge is 2.27. The van der Waals surface area contributed by atoms with E-state index in [1.807, 2.05) is 13.0 Å². The molecule has 1 aliphatic heterocycles. The van der Waals surface area contributed by atoms with E-state index in [0.29, 0.717) is 46.4 Å². The van der Waals surface area contributed by atoms with Crippen LogP contribution in [0.15, 0.2) is 48.8 Å². The first kappa shape index (κ1) is 26.7. The molecule has 42 heavy (non-hydrogen) atoms. The third-order valence-corrected chi connectivity index (χ3v) is 8.50. The largest absolute Gasteiger partial charge is 0.424 e. The summed E-state index contributed by atoms with van der Waals surface area (Å²) < 4.78 is 23.6. The second-order valence-corrected chi connectivity index (χ2v) is 11.3. The van der Waals surface area contributed by atoms with Gasteiger partial charge in [0, 0.05) is 59.9 Å². The Balaban J connectivity index is 1.24.